The van der Waals surface area contributed by atoms with Crippen LogP contribution in [0.1, 0.15) is 5.69 Å². The van der Waals surface area contributed by atoms with E-state index >= 15 is 0 Å². The standard InChI is InChI=1S/C12H10ClN5/c13-8-5-10-11(16-6-8)18(12(14)17-10)7-9-3-1-2-4-15-9/h1-6H,7H2,(H2,14,17). The van der Waals surface area contributed by atoms with Crippen molar-refractivity contribution in [3.05, 3.63) is 47.4 Å². The summed E-state index contributed by atoms with van der Waals surface area (Å²) in [6.07, 6.45) is 3.33. The van der Waals surface area contributed by atoms with Crippen LogP contribution >= 0.6 is 11.6 Å². The number of nitrogens with two attached hydrogens (primary N) is 1. The van der Waals surface area contributed by atoms with Gasteiger partial charge in [0.1, 0.15) is 5.52 Å². The Bertz CT molecular complexity index is 692. The van der Waals surface area contributed by atoms with Gasteiger partial charge in [0.25, 0.3) is 0 Å². The zero-order valence-corrected chi connectivity index (χ0v) is 10.2. The number of imidazole rings is 1. The predicted molar refractivity (Wildman–Crippen MR) is 70.3 cm³/mol. The molecule has 3 aromatic rings. The van der Waals surface area contributed by atoms with Gasteiger partial charge in [-0.2, -0.15) is 0 Å². The lowest BCUT2D eigenvalue weighted by Gasteiger charge is -2.04. The fraction of sp³-hybridized carbons (Fsp3) is 0.0833. The summed E-state index contributed by atoms with van der Waals surface area (Å²) >= 11 is 5.88. The van der Waals surface area contributed by atoms with Crippen molar-refractivity contribution in [2.75, 3.05) is 5.73 Å². The Balaban J connectivity index is 2.09. The van der Waals surface area contributed by atoms with Crippen molar-refractivity contribution in [2.45, 2.75) is 6.54 Å². The Morgan fingerprint density at radius 3 is 2.94 bits per heavy atom. The fourth-order valence-electron chi connectivity index (χ4n) is 1.81. The highest BCUT2D eigenvalue weighted by atomic mass is 35.5. The van der Waals surface area contributed by atoms with Crippen molar-refractivity contribution >= 4 is 28.7 Å². The van der Waals surface area contributed by atoms with Crippen LogP contribution in [0.5, 0.6) is 0 Å². The average Bonchev–Trinajstić information content (AvgIpc) is 2.66. The summed E-state index contributed by atoms with van der Waals surface area (Å²) in [5.74, 6) is 0.408. The van der Waals surface area contributed by atoms with E-state index in [4.69, 9.17) is 17.3 Å². The third-order valence-corrected chi connectivity index (χ3v) is 2.83. The molecule has 0 aliphatic carbocycles. The van der Waals surface area contributed by atoms with Crippen LogP contribution in [-0.2, 0) is 6.54 Å². The van der Waals surface area contributed by atoms with E-state index in [0.717, 1.165) is 5.69 Å². The predicted octanol–water partition coefficient (Wildman–Crippen LogP) is 2.11. The third-order valence-electron chi connectivity index (χ3n) is 2.63. The summed E-state index contributed by atoms with van der Waals surface area (Å²) in [7, 11) is 0. The second kappa shape index (κ2) is 4.27. The van der Waals surface area contributed by atoms with Gasteiger partial charge in [0.15, 0.2) is 5.65 Å². The highest BCUT2D eigenvalue weighted by molar-refractivity contribution is 6.31. The number of aromatic nitrogens is 4. The van der Waals surface area contributed by atoms with E-state index in [-0.39, 0.29) is 0 Å². The van der Waals surface area contributed by atoms with Crippen LogP contribution in [0, 0.1) is 0 Å². The minimum Gasteiger partial charge on any atom is -0.369 e. The van der Waals surface area contributed by atoms with Crippen molar-refractivity contribution in [3.63, 3.8) is 0 Å². The lowest BCUT2D eigenvalue weighted by Crippen LogP contribution is -2.06. The molecule has 0 saturated carbocycles. The molecule has 0 aliphatic rings. The minimum absolute atomic E-state index is 0.408. The van der Waals surface area contributed by atoms with Gasteiger partial charge in [-0.1, -0.05) is 17.7 Å². The van der Waals surface area contributed by atoms with Gasteiger partial charge in [0.2, 0.25) is 5.95 Å². The summed E-state index contributed by atoms with van der Waals surface area (Å²) in [6.45, 7) is 0.539. The maximum Gasteiger partial charge on any atom is 0.202 e. The molecule has 3 aromatic heterocycles. The van der Waals surface area contributed by atoms with Crippen LogP contribution in [0.25, 0.3) is 11.2 Å². The Morgan fingerprint density at radius 2 is 2.17 bits per heavy atom. The second-order valence-corrected chi connectivity index (χ2v) is 4.31. The molecular weight excluding hydrogens is 250 g/mol. The van der Waals surface area contributed by atoms with Crippen LogP contribution in [0.15, 0.2) is 36.7 Å². The van der Waals surface area contributed by atoms with Crippen molar-refractivity contribution in [3.8, 4) is 0 Å². The molecule has 0 unspecified atom stereocenters. The Morgan fingerprint density at radius 1 is 1.28 bits per heavy atom. The fourth-order valence-corrected chi connectivity index (χ4v) is 1.97. The van der Waals surface area contributed by atoms with Gasteiger partial charge in [0, 0.05) is 12.4 Å². The van der Waals surface area contributed by atoms with Gasteiger partial charge < -0.3 is 5.73 Å². The Kier molecular flexibility index (Phi) is 2.60. The number of fused-ring (bicyclic) bond motifs is 1. The topological polar surface area (TPSA) is 69.6 Å². The number of nitrogen functional groups attached to an aromatic ring is 1. The molecule has 0 spiro atoms. The maximum atomic E-state index is 5.89. The first kappa shape index (κ1) is 11.0. The molecule has 3 heterocycles. The summed E-state index contributed by atoms with van der Waals surface area (Å²) in [5.41, 5.74) is 8.20. The molecule has 18 heavy (non-hydrogen) atoms. The molecule has 0 atom stereocenters. The van der Waals surface area contributed by atoms with Gasteiger partial charge in [-0.05, 0) is 18.2 Å². The first-order valence-electron chi connectivity index (χ1n) is 5.41. The second-order valence-electron chi connectivity index (χ2n) is 3.87. The first-order valence-corrected chi connectivity index (χ1v) is 5.79. The van der Waals surface area contributed by atoms with E-state index in [0.29, 0.717) is 28.7 Å². The lowest BCUT2D eigenvalue weighted by atomic mass is 10.3. The largest absolute Gasteiger partial charge is 0.369 e. The van der Waals surface area contributed by atoms with Gasteiger partial charge in [0.05, 0.1) is 17.3 Å². The molecule has 0 amide bonds. The van der Waals surface area contributed by atoms with Crippen molar-refractivity contribution < 1.29 is 0 Å². The van der Waals surface area contributed by atoms with Crippen LogP contribution in [0.2, 0.25) is 5.02 Å². The van der Waals surface area contributed by atoms with Crippen LogP contribution < -0.4 is 5.73 Å². The Labute approximate surface area is 108 Å². The van der Waals surface area contributed by atoms with E-state index in [9.17, 15) is 0 Å². The summed E-state index contributed by atoms with van der Waals surface area (Å²) in [5, 5.41) is 0.546. The highest BCUT2D eigenvalue weighted by Gasteiger charge is 2.10. The molecule has 0 saturated heterocycles. The normalized spacial score (nSPS) is 10.9. The smallest absolute Gasteiger partial charge is 0.202 e. The van der Waals surface area contributed by atoms with Crippen LogP contribution in [0.3, 0.4) is 0 Å². The number of halogens is 1. The molecule has 0 bridgehead atoms. The van der Waals surface area contributed by atoms with E-state index in [1.807, 2.05) is 22.8 Å². The van der Waals surface area contributed by atoms with Crippen LogP contribution in [-0.4, -0.2) is 19.5 Å². The molecule has 90 valence electrons. The monoisotopic (exact) mass is 259 g/mol. The first-order chi connectivity index (χ1) is 8.74. The molecule has 3 rings (SSSR count). The molecule has 0 radical (unpaired) electrons. The summed E-state index contributed by atoms with van der Waals surface area (Å²) < 4.78 is 1.81. The van der Waals surface area contributed by atoms with Gasteiger partial charge in [-0.25, -0.2) is 9.97 Å². The number of hydrogen-bond acceptors (Lipinski definition) is 4. The van der Waals surface area contributed by atoms with Crippen molar-refractivity contribution in [1.82, 2.24) is 19.5 Å². The number of anilines is 1. The maximum absolute atomic E-state index is 5.89. The summed E-state index contributed by atoms with van der Waals surface area (Å²) in [4.78, 5) is 12.8. The number of nitrogens with zero attached hydrogens (tertiary/aromatic N) is 4. The number of rotatable bonds is 2. The molecule has 2 N–H and O–H groups in total. The molecule has 5 nitrogen and oxygen atoms in total. The molecular formula is C12H10ClN5. The molecule has 0 fully saturated rings. The number of hydrogen-bond donors (Lipinski definition) is 1. The zero-order valence-electron chi connectivity index (χ0n) is 9.42. The molecule has 0 aromatic carbocycles. The van der Waals surface area contributed by atoms with E-state index < -0.39 is 0 Å². The van der Waals surface area contributed by atoms with Crippen molar-refractivity contribution in [1.29, 1.82) is 0 Å². The zero-order chi connectivity index (χ0) is 12.5. The third kappa shape index (κ3) is 1.89. The van der Waals surface area contributed by atoms with E-state index in [1.165, 1.54) is 0 Å². The van der Waals surface area contributed by atoms with Gasteiger partial charge in [-0.3, -0.25) is 9.55 Å². The molecule has 0 aliphatic heterocycles. The van der Waals surface area contributed by atoms with Gasteiger partial charge >= 0.3 is 0 Å². The summed E-state index contributed by atoms with van der Waals surface area (Å²) in [6, 6.07) is 7.48. The van der Waals surface area contributed by atoms with Crippen LogP contribution in [0.4, 0.5) is 5.95 Å². The molecule has 6 heteroatoms. The highest BCUT2D eigenvalue weighted by Crippen LogP contribution is 2.19. The quantitative estimate of drug-likeness (QED) is 0.765. The van der Waals surface area contributed by atoms with Gasteiger partial charge in [-0.15, -0.1) is 0 Å². The van der Waals surface area contributed by atoms with E-state index in [1.54, 1.807) is 18.5 Å². The Hall–Kier alpha value is -2.14. The average molecular weight is 260 g/mol. The minimum atomic E-state index is 0.408. The lowest BCUT2D eigenvalue weighted by molar-refractivity contribution is 0.801. The number of pyridine rings is 2. The van der Waals surface area contributed by atoms with Crippen molar-refractivity contribution in [2.24, 2.45) is 0 Å². The SMILES string of the molecule is Nc1nc2cc(Cl)cnc2n1Cc1ccccn1. The van der Waals surface area contributed by atoms with E-state index in [2.05, 4.69) is 15.0 Å².